The van der Waals surface area contributed by atoms with Crippen LogP contribution in [0.1, 0.15) is 18.1 Å². The first-order chi connectivity index (χ1) is 9.81. The van der Waals surface area contributed by atoms with Crippen LogP contribution in [0.3, 0.4) is 0 Å². The molecule has 0 fully saturated rings. The first-order valence-corrected chi connectivity index (χ1v) is 6.85. The van der Waals surface area contributed by atoms with Gasteiger partial charge in [0.05, 0.1) is 13.7 Å². The number of methoxy groups -OCH3 is 1. The van der Waals surface area contributed by atoms with E-state index < -0.39 is 0 Å². The fraction of sp³-hybridized carbons (Fsp3) is 0.294. The van der Waals surface area contributed by atoms with Gasteiger partial charge in [-0.05, 0) is 42.3 Å². The van der Waals surface area contributed by atoms with Crippen molar-refractivity contribution in [2.75, 3.05) is 19.0 Å². The Labute approximate surface area is 120 Å². The van der Waals surface area contributed by atoms with E-state index in [-0.39, 0.29) is 0 Å². The molecule has 0 saturated heterocycles. The van der Waals surface area contributed by atoms with Gasteiger partial charge in [-0.15, -0.1) is 0 Å². The standard InChI is InChI=1S/C17H21NO2/c1-3-20-13-15-5-4-6-16(11-15)18-12-14-7-9-17(19-2)10-8-14/h4-11,18H,3,12-13H2,1-2H3. The second-order valence-corrected chi connectivity index (χ2v) is 4.54. The third-order valence-corrected chi connectivity index (χ3v) is 3.06. The highest BCUT2D eigenvalue weighted by Gasteiger charge is 1.98. The normalized spacial score (nSPS) is 10.3. The minimum atomic E-state index is 0.661. The zero-order chi connectivity index (χ0) is 14.2. The Morgan fingerprint density at radius 3 is 2.50 bits per heavy atom. The molecule has 3 heteroatoms. The van der Waals surface area contributed by atoms with Crippen LogP contribution in [0.25, 0.3) is 0 Å². The highest BCUT2D eigenvalue weighted by atomic mass is 16.5. The molecule has 0 saturated carbocycles. The summed E-state index contributed by atoms with van der Waals surface area (Å²) in [6, 6.07) is 16.4. The number of rotatable bonds is 7. The molecule has 0 aliphatic heterocycles. The smallest absolute Gasteiger partial charge is 0.118 e. The second kappa shape index (κ2) is 7.56. The van der Waals surface area contributed by atoms with E-state index in [9.17, 15) is 0 Å². The Kier molecular flexibility index (Phi) is 5.44. The van der Waals surface area contributed by atoms with Crippen LogP contribution in [0, 0.1) is 0 Å². The zero-order valence-corrected chi connectivity index (χ0v) is 12.1. The summed E-state index contributed by atoms with van der Waals surface area (Å²) in [5.41, 5.74) is 3.52. The van der Waals surface area contributed by atoms with Crippen molar-refractivity contribution in [3.63, 3.8) is 0 Å². The van der Waals surface area contributed by atoms with Gasteiger partial charge in [0.1, 0.15) is 5.75 Å². The molecule has 0 spiro atoms. The number of hydrogen-bond donors (Lipinski definition) is 1. The molecule has 1 N–H and O–H groups in total. The highest BCUT2D eigenvalue weighted by Crippen LogP contribution is 2.15. The molecule has 0 aliphatic rings. The van der Waals surface area contributed by atoms with E-state index >= 15 is 0 Å². The van der Waals surface area contributed by atoms with Gasteiger partial charge in [-0.2, -0.15) is 0 Å². The molecule has 0 amide bonds. The van der Waals surface area contributed by atoms with Crippen molar-refractivity contribution >= 4 is 5.69 Å². The monoisotopic (exact) mass is 271 g/mol. The average Bonchev–Trinajstić information content (AvgIpc) is 2.52. The first-order valence-electron chi connectivity index (χ1n) is 6.85. The molecule has 0 atom stereocenters. The summed E-state index contributed by atoms with van der Waals surface area (Å²) in [4.78, 5) is 0. The van der Waals surface area contributed by atoms with E-state index in [1.807, 2.05) is 25.1 Å². The van der Waals surface area contributed by atoms with Gasteiger partial charge in [0.15, 0.2) is 0 Å². The Bertz CT molecular complexity index is 523. The maximum Gasteiger partial charge on any atom is 0.118 e. The molecule has 3 nitrogen and oxygen atoms in total. The lowest BCUT2D eigenvalue weighted by Gasteiger charge is -2.09. The highest BCUT2D eigenvalue weighted by molar-refractivity contribution is 5.46. The topological polar surface area (TPSA) is 30.5 Å². The van der Waals surface area contributed by atoms with Gasteiger partial charge in [0.2, 0.25) is 0 Å². The fourth-order valence-corrected chi connectivity index (χ4v) is 1.94. The molecule has 106 valence electrons. The van der Waals surface area contributed by atoms with Gasteiger partial charge in [0.25, 0.3) is 0 Å². The van der Waals surface area contributed by atoms with Crippen molar-refractivity contribution < 1.29 is 9.47 Å². The lowest BCUT2D eigenvalue weighted by Crippen LogP contribution is -2.00. The van der Waals surface area contributed by atoms with Gasteiger partial charge in [0, 0.05) is 18.8 Å². The lowest BCUT2D eigenvalue weighted by atomic mass is 10.2. The molecular weight excluding hydrogens is 250 g/mol. The number of ether oxygens (including phenoxy) is 2. The lowest BCUT2D eigenvalue weighted by molar-refractivity contribution is 0.134. The largest absolute Gasteiger partial charge is 0.497 e. The number of nitrogens with one attached hydrogen (secondary N) is 1. The number of benzene rings is 2. The molecule has 20 heavy (non-hydrogen) atoms. The second-order valence-electron chi connectivity index (χ2n) is 4.54. The van der Waals surface area contributed by atoms with Crippen LogP contribution in [0.5, 0.6) is 5.75 Å². The van der Waals surface area contributed by atoms with Gasteiger partial charge in [-0.1, -0.05) is 24.3 Å². The summed E-state index contributed by atoms with van der Waals surface area (Å²) in [5.74, 6) is 0.882. The van der Waals surface area contributed by atoms with Gasteiger partial charge in [-0.25, -0.2) is 0 Å². The molecular formula is C17H21NO2. The van der Waals surface area contributed by atoms with Crippen LogP contribution in [-0.4, -0.2) is 13.7 Å². The fourth-order valence-electron chi connectivity index (χ4n) is 1.94. The Balaban J connectivity index is 1.92. The van der Waals surface area contributed by atoms with Crippen LogP contribution in [0.15, 0.2) is 48.5 Å². The predicted octanol–water partition coefficient (Wildman–Crippen LogP) is 3.84. The summed E-state index contributed by atoms with van der Waals surface area (Å²) in [6.07, 6.45) is 0. The third-order valence-electron chi connectivity index (χ3n) is 3.06. The van der Waals surface area contributed by atoms with E-state index in [2.05, 4.69) is 35.6 Å². The molecule has 2 rings (SSSR count). The van der Waals surface area contributed by atoms with Crippen molar-refractivity contribution in [1.82, 2.24) is 0 Å². The SMILES string of the molecule is CCOCc1cccc(NCc2ccc(OC)cc2)c1. The Hall–Kier alpha value is -2.00. The van der Waals surface area contributed by atoms with Crippen molar-refractivity contribution in [2.24, 2.45) is 0 Å². The van der Waals surface area contributed by atoms with Crippen molar-refractivity contribution in [2.45, 2.75) is 20.1 Å². The van der Waals surface area contributed by atoms with Crippen LogP contribution in [-0.2, 0) is 17.9 Å². The quantitative estimate of drug-likeness (QED) is 0.830. The van der Waals surface area contributed by atoms with Gasteiger partial charge >= 0.3 is 0 Å². The summed E-state index contributed by atoms with van der Waals surface area (Å²) >= 11 is 0. The molecule has 0 aromatic heterocycles. The number of hydrogen-bond acceptors (Lipinski definition) is 3. The molecule has 0 unspecified atom stereocenters. The molecule has 0 aliphatic carbocycles. The maximum atomic E-state index is 5.42. The van der Waals surface area contributed by atoms with E-state index in [1.54, 1.807) is 7.11 Å². The van der Waals surface area contributed by atoms with Crippen LogP contribution >= 0.6 is 0 Å². The van der Waals surface area contributed by atoms with E-state index in [1.165, 1.54) is 11.1 Å². The molecule has 0 bridgehead atoms. The maximum absolute atomic E-state index is 5.42. The van der Waals surface area contributed by atoms with Gasteiger partial charge < -0.3 is 14.8 Å². The molecule has 0 heterocycles. The minimum absolute atomic E-state index is 0.661. The molecule has 2 aromatic carbocycles. The summed E-state index contributed by atoms with van der Waals surface area (Å²) in [6.45, 7) is 4.20. The number of anilines is 1. The van der Waals surface area contributed by atoms with E-state index in [0.717, 1.165) is 24.6 Å². The van der Waals surface area contributed by atoms with Crippen LogP contribution < -0.4 is 10.1 Å². The van der Waals surface area contributed by atoms with Crippen molar-refractivity contribution in [1.29, 1.82) is 0 Å². The molecule has 0 radical (unpaired) electrons. The molecule has 2 aromatic rings. The Morgan fingerprint density at radius 2 is 1.80 bits per heavy atom. The van der Waals surface area contributed by atoms with E-state index in [0.29, 0.717) is 6.61 Å². The van der Waals surface area contributed by atoms with Gasteiger partial charge in [-0.3, -0.25) is 0 Å². The summed E-state index contributed by atoms with van der Waals surface area (Å²) in [7, 11) is 1.68. The third kappa shape index (κ3) is 4.28. The first kappa shape index (κ1) is 14.4. The van der Waals surface area contributed by atoms with Crippen LogP contribution in [0.4, 0.5) is 5.69 Å². The predicted molar refractivity (Wildman–Crippen MR) is 82.1 cm³/mol. The van der Waals surface area contributed by atoms with Crippen molar-refractivity contribution in [3.05, 3.63) is 59.7 Å². The minimum Gasteiger partial charge on any atom is -0.497 e. The van der Waals surface area contributed by atoms with Crippen LogP contribution in [0.2, 0.25) is 0 Å². The zero-order valence-electron chi connectivity index (χ0n) is 12.1. The van der Waals surface area contributed by atoms with E-state index in [4.69, 9.17) is 9.47 Å². The Morgan fingerprint density at radius 1 is 1.00 bits per heavy atom. The van der Waals surface area contributed by atoms with Crippen molar-refractivity contribution in [3.8, 4) is 5.75 Å². The summed E-state index contributed by atoms with van der Waals surface area (Å²) < 4.78 is 10.6. The average molecular weight is 271 g/mol. The summed E-state index contributed by atoms with van der Waals surface area (Å²) in [5, 5.41) is 3.42.